The molecule has 0 amide bonds. The van der Waals surface area contributed by atoms with Gasteiger partial charge in [-0.2, -0.15) is 4.98 Å². The molecular weight excluding hydrogens is 322 g/mol. The van der Waals surface area contributed by atoms with Crippen LogP contribution in [0.1, 0.15) is 39.5 Å². The van der Waals surface area contributed by atoms with Gasteiger partial charge in [-0.05, 0) is 51.6 Å². The van der Waals surface area contributed by atoms with Crippen molar-refractivity contribution < 1.29 is 0 Å². The van der Waals surface area contributed by atoms with Crippen LogP contribution in [0, 0.1) is 5.92 Å². The number of hydrogen-bond acceptors (Lipinski definition) is 5. The summed E-state index contributed by atoms with van der Waals surface area (Å²) >= 11 is 0. The number of benzene rings is 1. The van der Waals surface area contributed by atoms with Gasteiger partial charge in [0, 0.05) is 24.2 Å². The van der Waals surface area contributed by atoms with Crippen molar-refractivity contribution in [3.63, 3.8) is 0 Å². The molecule has 1 aromatic carbocycles. The summed E-state index contributed by atoms with van der Waals surface area (Å²) in [6.07, 6.45) is 4.79. The Morgan fingerprint density at radius 3 is 2.65 bits per heavy atom. The minimum atomic E-state index is 0.351. The van der Waals surface area contributed by atoms with E-state index in [1.807, 2.05) is 18.2 Å². The molecule has 5 nitrogen and oxygen atoms in total. The second-order valence-electron chi connectivity index (χ2n) is 7.19. The second-order valence-corrected chi connectivity index (χ2v) is 7.19. The zero-order chi connectivity index (χ0) is 18.2. The molecule has 0 spiro atoms. The van der Waals surface area contributed by atoms with Crippen LogP contribution in [0.4, 0.5) is 11.8 Å². The van der Waals surface area contributed by atoms with Crippen LogP contribution in [0.15, 0.2) is 36.4 Å². The third-order valence-corrected chi connectivity index (χ3v) is 5.10. The summed E-state index contributed by atoms with van der Waals surface area (Å²) in [5.41, 5.74) is 2.07. The number of rotatable bonds is 8. The van der Waals surface area contributed by atoms with Crippen molar-refractivity contribution in [2.24, 2.45) is 5.92 Å². The first-order chi connectivity index (χ1) is 12.7. The molecule has 3 rings (SSSR count). The Morgan fingerprint density at radius 1 is 1.15 bits per heavy atom. The van der Waals surface area contributed by atoms with Crippen LogP contribution in [-0.2, 0) is 0 Å². The van der Waals surface area contributed by atoms with Gasteiger partial charge >= 0.3 is 0 Å². The Bertz CT molecular complexity index is 667. The number of nitrogens with zero attached hydrogens (tertiary/aromatic N) is 2. The highest BCUT2D eigenvalue weighted by atomic mass is 15.2. The number of piperidine rings is 1. The lowest BCUT2D eigenvalue weighted by atomic mass is 9.95. The lowest BCUT2D eigenvalue weighted by Gasteiger charge is -2.22. The first-order valence-corrected chi connectivity index (χ1v) is 9.90. The third kappa shape index (κ3) is 5.43. The normalized spacial score (nSPS) is 16.2. The Hall–Kier alpha value is -2.14. The van der Waals surface area contributed by atoms with E-state index < -0.39 is 0 Å². The Balaban J connectivity index is 1.71. The van der Waals surface area contributed by atoms with Crippen LogP contribution < -0.4 is 16.0 Å². The van der Waals surface area contributed by atoms with E-state index in [9.17, 15) is 0 Å². The molecule has 26 heavy (non-hydrogen) atoms. The maximum absolute atomic E-state index is 4.72. The summed E-state index contributed by atoms with van der Waals surface area (Å²) in [5.74, 6) is 2.42. The van der Waals surface area contributed by atoms with Crippen molar-refractivity contribution in [1.82, 2.24) is 15.3 Å². The fourth-order valence-electron chi connectivity index (χ4n) is 3.26. The van der Waals surface area contributed by atoms with E-state index in [2.05, 4.69) is 53.0 Å². The molecule has 2 heterocycles. The molecule has 1 saturated heterocycles. The van der Waals surface area contributed by atoms with Crippen LogP contribution in [0.5, 0.6) is 0 Å². The minimum absolute atomic E-state index is 0.351. The number of anilines is 2. The summed E-state index contributed by atoms with van der Waals surface area (Å²) in [6.45, 7) is 7.58. The summed E-state index contributed by atoms with van der Waals surface area (Å²) in [4.78, 5) is 9.40. The molecule has 1 fully saturated rings. The van der Waals surface area contributed by atoms with E-state index >= 15 is 0 Å². The van der Waals surface area contributed by atoms with Crippen LogP contribution in [0.3, 0.4) is 0 Å². The predicted molar refractivity (Wildman–Crippen MR) is 110 cm³/mol. The quantitative estimate of drug-likeness (QED) is 0.665. The highest BCUT2D eigenvalue weighted by Crippen LogP contribution is 2.22. The lowest BCUT2D eigenvalue weighted by molar-refractivity contribution is 0.361. The van der Waals surface area contributed by atoms with Gasteiger partial charge in [0.15, 0.2) is 0 Å². The average Bonchev–Trinajstić information content (AvgIpc) is 2.69. The van der Waals surface area contributed by atoms with Crippen molar-refractivity contribution in [2.45, 2.75) is 45.6 Å². The number of nitrogens with one attached hydrogen (secondary N) is 3. The van der Waals surface area contributed by atoms with Crippen molar-refractivity contribution >= 4 is 11.8 Å². The van der Waals surface area contributed by atoms with Gasteiger partial charge in [0.2, 0.25) is 5.95 Å². The third-order valence-electron chi connectivity index (χ3n) is 5.10. The zero-order valence-corrected chi connectivity index (χ0v) is 16.0. The molecule has 2 aromatic rings. The van der Waals surface area contributed by atoms with Gasteiger partial charge in [-0.1, -0.05) is 37.3 Å². The molecular formula is C21H31N5. The van der Waals surface area contributed by atoms with Gasteiger partial charge in [-0.25, -0.2) is 4.98 Å². The van der Waals surface area contributed by atoms with Gasteiger partial charge in [0.05, 0.1) is 5.69 Å². The van der Waals surface area contributed by atoms with Crippen LogP contribution in [0.2, 0.25) is 0 Å². The summed E-state index contributed by atoms with van der Waals surface area (Å²) in [6, 6.07) is 12.7. The molecule has 0 bridgehead atoms. The second kappa shape index (κ2) is 9.53. The molecule has 3 N–H and O–H groups in total. The highest BCUT2D eigenvalue weighted by molar-refractivity contribution is 5.64. The Morgan fingerprint density at radius 2 is 1.92 bits per heavy atom. The molecule has 1 aliphatic heterocycles. The minimum Gasteiger partial charge on any atom is -0.370 e. The average molecular weight is 354 g/mol. The van der Waals surface area contributed by atoms with E-state index in [4.69, 9.17) is 4.98 Å². The summed E-state index contributed by atoms with van der Waals surface area (Å²) in [5, 5.41) is 10.4. The SMILES string of the molecule is CC[C@H](C)Nc1nc(NCCC2CCNCC2)cc(-c2ccccc2)n1. The zero-order valence-electron chi connectivity index (χ0n) is 16.0. The first kappa shape index (κ1) is 18.6. The fourth-order valence-corrected chi connectivity index (χ4v) is 3.26. The van der Waals surface area contributed by atoms with Gasteiger partial charge in [-0.15, -0.1) is 0 Å². The molecule has 1 atom stereocenters. The molecule has 1 aliphatic rings. The monoisotopic (exact) mass is 353 g/mol. The first-order valence-electron chi connectivity index (χ1n) is 9.90. The number of hydrogen-bond donors (Lipinski definition) is 3. The van der Waals surface area contributed by atoms with Crippen LogP contribution >= 0.6 is 0 Å². The molecule has 1 aromatic heterocycles. The molecule has 0 unspecified atom stereocenters. The summed E-state index contributed by atoms with van der Waals surface area (Å²) < 4.78 is 0. The molecule has 5 heteroatoms. The maximum atomic E-state index is 4.72. The standard InChI is InChI=1S/C21H31N5/c1-3-16(2)24-21-25-19(18-7-5-4-6-8-18)15-20(26-21)23-14-11-17-9-12-22-13-10-17/h4-8,15-17,22H,3,9-14H2,1-2H3,(H2,23,24,25,26)/t16-/m0/s1. The molecule has 0 aliphatic carbocycles. The lowest BCUT2D eigenvalue weighted by Crippen LogP contribution is -2.28. The van der Waals surface area contributed by atoms with E-state index in [0.717, 1.165) is 49.0 Å². The Labute approximate surface area is 157 Å². The van der Waals surface area contributed by atoms with Gasteiger partial charge < -0.3 is 16.0 Å². The smallest absolute Gasteiger partial charge is 0.225 e. The predicted octanol–water partition coefficient (Wildman–Crippen LogP) is 4.16. The van der Waals surface area contributed by atoms with E-state index in [1.165, 1.54) is 19.3 Å². The maximum Gasteiger partial charge on any atom is 0.225 e. The van der Waals surface area contributed by atoms with E-state index in [1.54, 1.807) is 0 Å². The van der Waals surface area contributed by atoms with Crippen molar-refractivity contribution in [3.8, 4) is 11.3 Å². The van der Waals surface area contributed by atoms with Crippen LogP contribution in [-0.4, -0.2) is 35.6 Å². The Kier molecular flexibility index (Phi) is 6.83. The van der Waals surface area contributed by atoms with E-state index in [-0.39, 0.29) is 0 Å². The molecule has 0 saturated carbocycles. The summed E-state index contributed by atoms with van der Waals surface area (Å²) in [7, 11) is 0. The fraction of sp³-hybridized carbons (Fsp3) is 0.524. The molecule has 0 radical (unpaired) electrons. The van der Waals surface area contributed by atoms with Crippen molar-refractivity contribution in [1.29, 1.82) is 0 Å². The van der Waals surface area contributed by atoms with E-state index in [0.29, 0.717) is 12.0 Å². The molecule has 140 valence electrons. The van der Waals surface area contributed by atoms with Crippen molar-refractivity contribution in [3.05, 3.63) is 36.4 Å². The van der Waals surface area contributed by atoms with Crippen LogP contribution in [0.25, 0.3) is 11.3 Å². The van der Waals surface area contributed by atoms with Gasteiger partial charge in [0.25, 0.3) is 0 Å². The van der Waals surface area contributed by atoms with Gasteiger partial charge in [0.1, 0.15) is 5.82 Å². The highest BCUT2D eigenvalue weighted by Gasteiger charge is 2.13. The van der Waals surface area contributed by atoms with Gasteiger partial charge in [-0.3, -0.25) is 0 Å². The number of aromatic nitrogens is 2. The topological polar surface area (TPSA) is 61.9 Å². The largest absolute Gasteiger partial charge is 0.370 e. The van der Waals surface area contributed by atoms with Crippen molar-refractivity contribution in [2.75, 3.05) is 30.3 Å².